The molecule has 0 saturated heterocycles. The van der Waals surface area contributed by atoms with Gasteiger partial charge in [-0.25, -0.2) is 0 Å². The first kappa shape index (κ1) is 12.1. The molecular formula is C16H18S. The molecule has 88 valence electrons. The Balaban J connectivity index is 2.37. The summed E-state index contributed by atoms with van der Waals surface area (Å²) in [5.74, 6) is 0. The Morgan fingerprint density at radius 3 is 2.76 bits per heavy atom. The lowest BCUT2D eigenvalue weighted by molar-refractivity contribution is 0.904. The summed E-state index contributed by atoms with van der Waals surface area (Å²) in [6.45, 7) is 6.16. The fourth-order valence-corrected chi connectivity index (χ4v) is 2.87. The van der Waals surface area contributed by atoms with E-state index >= 15 is 0 Å². The van der Waals surface area contributed by atoms with Crippen LogP contribution >= 0.6 is 11.3 Å². The molecule has 17 heavy (non-hydrogen) atoms. The van der Waals surface area contributed by atoms with E-state index in [4.69, 9.17) is 0 Å². The first-order valence-electron chi connectivity index (χ1n) is 6.10. The lowest BCUT2D eigenvalue weighted by atomic mass is 9.95. The molecule has 1 aromatic heterocycles. The average molecular weight is 242 g/mol. The summed E-state index contributed by atoms with van der Waals surface area (Å²) in [6, 6.07) is 10.9. The van der Waals surface area contributed by atoms with Gasteiger partial charge in [0.25, 0.3) is 0 Å². The summed E-state index contributed by atoms with van der Waals surface area (Å²) in [4.78, 5) is 1.43. The van der Waals surface area contributed by atoms with Gasteiger partial charge in [-0.1, -0.05) is 50.3 Å². The van der Waals surface area contributed by atoms with Crippen molar-refractivity contribution in [2.75, 3.05) is 0 Å². The standard InChI is InChI=1S/C16H18S/c1-3-7-14-9-5-8-13(4-2)16(14)12-15-10-6-11-17-15/h4-6,8-11H,2-3,7,12H2,1H3. The lowest BCUT2D eigenvalue weighted by Crippen LogP contribution is -1.97. The van der Waals surface area contributed by atoms with Crippen LogP contribution in [0.2, 0.25) is 0 Å². The van der Waals surface area contributed by atoms with Gasteiger partial charge in [0.1, 0.15) is 0 Å². The van der Waals surface area contributed by atoms with E-state index in [2.05, 4.69) is 49.2 Å². The molecule has 0 aliphatic heterocycles. The molecule has 0 nitrogen and oxygen atoms in total. The molecule has 1 heterocycles. The Labute approximate surface area is 108 Å². The number of rotatable bonds is 5. The van der Waals surface area contributed by atoms with Gasteiger partial charge in [0.15, 0.2) is 0 Å². The van der Waals surface area contributed by atoms with Crippen LogP contribution in [0.25, 0.3) is 6.08 Å². The molecule has 2 aromatic rings. The fourth-order valence-electron chi connectivity index (χ4n) is 2.15. The van der Waals surface area contributed by atoms with Crippen LogP contribution in [-0.4, -0.2) is 0 Å². The average Bonchev–Trinajstić information content (AvgIpc) is 2.84. The Morgan fingerprint density at radius 1 is 1.24 bits per heavy atom. The predicted molar refractivity (Wildman–Crippen MR) is 77.7 cm³/mol. The molecule has 0 saturated carbocycles. The number of aryl methyl sites for hydroxylation is 1. The maximum atomic E-state index is 3.93. The molecule has 0 N–H and O–H groups in total. The quantitative estimate of drug-likeness (QED) is 0.697. The molecule has 0 atom stereocenters. The van der Waals surface area contributed by atoms with Crippen LogP contribution in [-0.2, 0) is 12.8 Å². The smallest absolute Gasteiger partial charge is 0.00893 e. The summed E-state index contributed by atoms with van der Waals surface area (Å²) < 4.78 is 0. The van der Waals surface area contributed by atoms with Gasteiger partial charge in [0.2, 0.25) is 0 Å². The zero-order valence-electron chi connectivity index (χ0n) is 10.3. The van der Waals surface area contributed by atoms with Crippen LogP contribution in [0.4, 0.5) is 0 Å². The molecule has 0 radical (unpaired) electrons. The second kappa shape index (κ2) is 5.83. The van der Waals surface area contributed by atoms with Crippen molar-refractivity contribution in [3.8, 4) is 0 Å². The van der Waals surface area contributed by atoms with Crippen molar-refractivity contribution in [3.63, 3.8) is 0 Å². The van der Waals surface area contributed by atoms with Gasteiger partial charge in [-0.05, 0) is 34.6 Å². The summed E-state index contributed by atoms with van der Waals surface area (Å²) in [5, 5.41) is 2.14. The minimum Gasteiger partial charge on any atom is -0.149 e. The highest BCUT2D eigenvalue weighted by molar-refractivity contribution is 7.09. The number of hydrogen-bond acceptors (Lipinski definition) is 1. The zero-order chi connectivity index (χ0) is 12.1. The highest BCUT2D eigenvalue weighted by Crippen LogP contribution is 2.23. The molecule has 0 unspecified atom stereocenters. The largest absolute Gasteiger partial charge is 0.149 e. The SMILES string of the molecule is C=Cc1cccc(CCC)c1Cc1cccs1. The van der Waals surface area contributed by atoms with Crippen molar-refractivity contribution >= 4 is 17.4 Å². The fraction of sp³-hybridized carbons (Fsp3) is 0.250. The molecule has 0 spiro atoms. The van der Waals surface area contributed by atoms with Gasteiger partial charge in [-0.15, -0.1) is 11.3 Å². The van der Waals surface area contributed by atoms with Crippen molar-refractivity contribution in [3.05, 3.63) is 63.9 Å². The predicted octanol–water partition coefficient (Wildman–Crippen LogP) is 4.93. The Bertz CT molecular complexity index is 480. The normalized spacial score (nSPS) is 10.4. The van der Waals surface area contributed by atoms with Crippen molar-refractivity contribution < 1.29 is 0 Å². The van der Waals surface area contributed by atoms with Gasteiger partial charge in [-0.2, -0.15) is 0 Å². The zero-order valence-corrected chi connectivity index (χ0v) is 11.1. The minimum atomic E-state index is 1.04. The highest BCUT2D eigenvalue weighted by atomic mass is 32.1. The maximum absolute atomic E-state index is 3.93. The van der Waals surface area contributed by atoms with Crippen molar-refractivity contribution in [2.24, 2.45) is 0 Å². The maximum Gasteiger partial charge on any atom is 0.00893 e. The second-order valence-corrected chi connectivity index (χ2v) is 5.23. The van der Waals surface area contributed by atoms with Crippen LogP contribution in [0.3, 0.4) is 0 Å². The van der Waals surface area contributed by atoms with Crippen LogP contribution in [0.5, 0.6) is 0 Å². The van der Waals surface area contributed by atoms with Gasteiger partial charge in [0, 0.05) is 11.3 Å². The van der Waals surface area contributed by atoms with Gasteiger partial charge in [-0.3, -0.25) is 0 Å². The topological polar surface area (TPSA) is 0 Å². The second-order valence-electron chi connectivity index (χ2n) is 4.20. The van der Waals surface area contributed by atoms with Crippen molar-refractivity contribution in [1.82, 2.24) is 0 Å². The Morgan fingerprint density at radius 2 is 2.12 bits per heavy atom. The van der Waals surface area contributed by atoms with Crippen molar-refractivity contribution in [2.45, 2.75) is 26.2 Å². The number of benzene rings is 1. The van der Waals surface area contributed by atoms with Gasteiger partial charge >= 0.3 is 0 Å². The summed E-state index contributed by atoms with van der Waals surface area (Å²) in [6.07, 6.45) is 5.36. The third-order valence-corrected chi connectivity index (χ3v) is 3.86. The molecular weight excluding hydrogens is 224 g/mol. The highest BCUT2D eigenvalue weighted by Gasteiger charge is 2.07. The van der Waals surface area contributed by atoms with Crippen LogP contribution in [0, 0.1) is 0 Å². The Kier molecular flexibility index (Phi) is 4.16. The summed E-state index contributed by atoms with van der Waals surface area (Å²) in [5.41, 5.74) is 4.20. The lowest BCUT2D eigenvalue weighted by Gasteiger charge is -2.11. The molecule has 2 rings (SSSR count). The van der Waals surface area contributed by atoms with Gasteiger partial charge < -0.3 is 0 Å². The molecule has 0 aliphatic rings. The molecule has 1 heteroatoms. The van der Waals surface area contributed by atoms with Crippen LogP contribution in [0.15, 0.2) is 42.3 Å². The molecule has 0 bridgehead atoms. The first-order valence-corrected chi connectivity index (χ1v) is 6.98. The monoisotopic (exact) mass is 242 g/mol. The van der Waals surface area contributed by atoms with Crippen LogP contribution < -0.4 is 0 Å². The minimum absolute atomic E-state index is 1.04. The van der Waals surface area contributed by atoms with E-state index in [0.29, 0.717) is 0 Å². The van der Waals surface area contributed by atoms with Gasteiger partial charge in [0.05, 0.1) is 0 Å². The van der Waals surface area contributed by atoms with E-state index in [1.165, 1.54) is 28.0 Å². The van der Waals surface area contributed by atoms with E-state index in [9.17, 15) is 0 Å². The third-order valence-electron chi connectivity index (χ3n) is 2.98. The molecule has 1 aromatic carbocycles. The van der Waals surface area contributed by atoms with Crippen LogP contribution in [0.1, 0.15) is 34.9 Å². The molecule has 0 aliphatic carbocycles. The summed E-state index contributed by atoms with van der Waals surface area (Å²) >= 11 is 1.83. The van der Waals surface area contributed by atoms with E-state index < -0.39 is 0 Å². The van der Waals surface area contributed by atoms with E-state index in [1.807, 2.05) is 17.4 Å². The van der Waals surface area contributed by atoms with E-state index in [-0.39, 0.29) is 0 Å². The van der Waals surface area contributed by atoms with Crippen molar-refractivity contribution in [1.29, 1.82) is 0 Å². The first-order chi connectivity index (χ1) is 8.35. The van der Waals surface area contributed by atoms with E-state index in [1.54, 1.807) is 0 Å². The Hall–Kier alpha value is -1.34. The number of thiophene rings is 1. The third kappa shape index (κ3) is 2.86. The van der Waals surface area contributed by atoms with E-state index in [0.717, 1.165) is 12.8 Å². The summed E-state index contributed by atoms with van der Waals surface area (Å²) in [7, 11) is 0. The number of hydrogen-bond donors (Lipinski definition) is 0. The molecule has 0 fully saturated rings. The molecule has 0 amide bonds.